The van der Waals surface area contributed by atoms with Crippen LogP contribution in [0.5, 0.6) is 0 Å². The van der Waals surface area contributed by atoms with Crippen LogP contribution in [0.25, 0.3) is 88.5 Å². The molecule has 1 heterocycles. The van der Waals surface area contributed by atoms with Gasteiger partial charge in [-0.1, -0.05) is 170 Å². The summed E-state index contributed by atoms with van der Waals surface area (Å²) < 4.78 is 0. The van der Waals surface area contributed by atoms with Gasteiger partial charge in [-0.15, -0.1) is 0 Å². The predicted molar refractivity (Wildman–Crippen MR) is 227 cm³/mol. The summed E-state index contributed by atoms with van der Waals surface area (Å²) in [6, 6.07) is 70.9. The van der Waals surface area contributed by atoms with Gasteiger partial charge in [-0.3, -0.25) is 0 Å². The molecule has 0 N–H and O–H groups in total. The maximum absolute atomic E-state index is 5.17. The van der Waals surface area contributed by atoms with Crippen molar-refractivity contribution in [2.45, 2.75) is 5.41 Å². The third-order valence-electron chi connectivity index (χ3n) is 12.1. The second-order valence-electron chi connectivity index (χ2n) is 14.8. The Morgan fingerprint density at radius 3 is 1.65 bits per heavy atom. The van der Waals surface area contributed by atoms with E-state index in [9.17, 15) is 0 Å². The van der Waals surface area contributed by atoms with Crippen molar-refractivity contribution in [2.24, 2.45) is 0 Å². The number of benzene rings is 9. The zero-order valence-electron chi connectivity index (χ0n) is 29.9. The SMILES string of the molecule is c1ccc(-c2nc(-c3ccc(-c4cc5c(c6ccccc46)-c4cc6ccccc6cc4C54c5ccccc5-c5ccccc54)cc3)nc3ccccc23)cc1. The van der Waals surface area contributed by atoms with E-state index in [1.54, 1.807) is 0 Å². The molecule has 0 radical (unpaired) electrons. The molecular formula is C53H32N2. The Labute approximate surface area is 319 Å². The van der Waals surface area contributed by atoms with Crippen molar-refractivity contribution in [3.8, 4) is 56.0 Å². The van der Waals surface area contributed by atoms with E-state index in [-0.39, 0.29) is 0 Å². The molecule has 0 aliphatic heterocycles. The maximum Gasteiger partial charge on any atom is 0.160 e. The van der Waals surface area contributed by atoms with Crippen molar-refractivity contribution in [2.75, 3.05) is 0 Å². The zero-order valence-corrected chi connectivity index (χ0v) is 29.9. The molecule has 0 fully saturated rings. The molecule has 0 bridgehead atoms. The zero-order chi connectivity index (χ0) is 36.1. The fourth-order valence-electron chi connectivity index (χ4n) is 9.74. The fourth-order valence-corrected chi connectivity index (χ4v) is 9.74. The molecule has 2 aliphatic rings. The van der Waals surface area contributed by atoms with Crippen LogP contribution in [0.4, 0.5) is 0 Å². The smallest absolute Gasteiger partial charge is 0.160 e. The topological polar surface area (TPSA) is 25.8 Å². The highest BCUT2D eigenvalue weighted by atomic mass is 14.9. The highest BCUT2D eigenvalue weighted by Gasteiger charge is 2.52. The van der Waals surface area contributed by atoms with E-state index >= 15 is 0 Å². The number of fused-ring (bicyclic) bond motifs is 14. The number of rotatable bonds is 3. The first-order valence-corrected chi connectivity index (χ1v) is 19.0. The average molecular weight is 697 g/mol. The predicted octanol–water partition coefficient (Wildman–Crippen LogP) is 13.3. The number of hydrogen-bond acceptors (Lipinski definition) is 2. The van der Waals surface area contributed by atoms with Crippen molar-refractivity contribution in [3.63, 3.8) is 0 Å². The summed E-state index contributed by atoms with van der Waals surface area (Å²) in [5.74, 6) is 0.726. The van der Waals surface area contributed by atoms with Gasteiger partial charge in [0.25, 0.3) is 0 Å². The lowest BCUT2D eigenvalue weighted by Crippen LogP contribution is -2.26. The molecule has 2 aliphatic carbocycles. The first-order valence-electron chi connectivity index (χ1n) is 19.0. The third kappa shape index (κ3) is 4.19. The lowest BCUT2D eigenvalue weighted by atomic mass is 9.69. The lowest BCUT2D eigenvalue weighted by Gasteiger charge is -2.31. The normalized spacial score (nSPS) is 13.2. The summed E-state index contributed by atoms with van der Waals surface area (Å²) in [7, 11) is 0. The van der Waals surface area contributed by atoms with Gasteiger partial charge in [0.05, 0.1) is 16.6 Å². The quantitative estimate of drug-likeness (QED) is 0.184. The molecule has 55 heavy (non-hydrogen) atoms. The van der Waals surface area contributed by atoms with Crippen molar-refractivity contribution in [1.29, 1.82) is 0 Å². The Bertz CT molecular complexity index is 3150. The van der Waals surface area contributed by atoms with E-state index in [4.69, 9.17) is 9.97 Å². The minimum absolute atomic E-state index is 0.451. The van der Waals surface area contributed by atoms with E-state index in [2.05, 4.69) is 182 Å². The number of aromatic nitrogens is 2. The molecule has 2 heteroatoms. The summed E-state index contributed by atoms with van der Waals surface area (Å²) >= 11 is 0. The number of hydrogen-bond donors (Lipinski definition) is 0. The second kappa shape index (κ2) is 11.4. The summed E-state index contributed by atoms with van der Waals surface area (Å²) in [4.78, 5) is 10.2. The summed E-state index contributed by atoms with van der Waals surface area (Å²) in [5.41, 5.74) is 16.6. The molecule has 1 aromatic heterocycles. The van der Waals surface area contributed by atoms with Gasteiger partial charge in [0.2, 0.25) is 0 Å². The molecule has 0 unspecified atom stereocenters. The van der Waals surface area contributed by atoms with Gasteiger partial charge in [-0.2, -0.15) is 0 Å². The van der Waals surface area contributed by atoms with E-state index in [0.717, 1.165) is 33.5 Å². The second-order valence-corrected chi connectivity index (χ2v) is 14.8. The van der Waals surface area contributed by atoms with Crippen LogP contribution in [0, 0.1) is 0 Å². The van der Waals surface area contributed by atoms with Gasteiger partial charge in [0.1, 0.15) is 0 Å². The van der Waals surface area contributed by atoms with Crippen LogP contribution in [-0.4, -0.2) is 9.97 Å². The molecule has 254 valence electrons. The molecule has 2 nitrogen and oxygen atoms in total. The Kier molecular flexibility index (Phi) is 6.29. The molecule has 0 saturated heterocycles. The molecule has 10 aromatic rings. The van der Waals surface area contributed by atoms with Crippen molar-refractivity contribution in [1.82, 2.24) is 9.97 Å². The molecule has 9 aromatic carbocycles. The monoisotopic (exact) mass is 696 g/mol. The standard InChI is InChI=1S/C53H32N2/c1-2-14-34(15-3-1)51-42-22-10-13-25-49(42)54-52(55-51)35-28-26-33(27-29-35)43-32-48-50(41-21-7-6-18-38(41)43)44-30-36-16-4-5-17-37(36)31-47(44)53(48)45-23-11-8-19-39(45)40-20-9-12-24-46(40)53/h1-32H. The molecule has 1 spiro atoms. The Morgan fingerprint density at radius 2 is 0.909 bits per heavy atom. The molecule has 0 saturated carbocycles. The van der Waals surface area contributed by atoms with Gasteiger partial charge >= 0.3 is 0 Å². The minimum atomic E-state index is -0.451. The van der Waals surface area contributed by atoms with Gasteiger partial charge in [-0.05, 0) is 101 Å². The first-order chi connectivity index (χ1) is 27.3. The summed E-state index contributed by atoms with van der Waals surface area (Å²) in [6.45, 7) is 0. The number of para-hydroxylation sites is 1. The van der Waals surface area contributed by atoms with Crippen molar-refractivity contribution < 1.29 is 0 Å². The summed E-state index contributed by atoms with van der Waals surface area (Å²) in [6.07, 6.45) is 0. The largest absolute Gasteiger partial charge is 0.228 e. The van der Waals surface area contributed by atoms with Crippen molar-refractivity contribution >= 4 is 32.4 Å². The van der Waals surface area contributed by atoms with Crippen LogP contribution >= 0.6 is 0 Å². The first kappa shape index (κ1) is 30.3. The number of nitrogens with zero attached hydrogens (tertiary/aromatic N) is 2. The minimum Gasteiger partial charge on any atom is -0.228 e. The molecule has 12 rings (SSSR count). The summed E-state index contributed by atoms with van der Waals surface area (Å²) in [5, 5.41) is 6.11. The van der Waals surface area contributed by atoms with Gasteiger partial charge in [0, 0.05) is 16.5 Å². The van der Waals surface area contributed by atoms with E-state index < -0.39 is 5.41 Å². The van der Waals surface area contributed by atoms with Crippen LogP contribution in [0.1, 0.15) is 22.3 Å². The van der Waals surface area contributed by atoms with Gasteiger partial charge in [-0.25, -0.2) is 9.97 Å². The highest BCUT2D eigenvalue weighted by Crippen LogP contribution is 2.64. The highest BCUT2D eigenvalue weighted by molar-refractivity contribution is 6.12. The maximum atomic E-state index is 5.17. The van der Waals surface area contributed by atoms with E-state index in [1.807, 2.05) is 12.1 Å². The van der Waals surface area contributed by atoms with E-state index in [1.165, 1.54) is 77.2 Å². The third-order valence-corrected chi connectivity index (χ3v) is 12.1. The molecule has 0 amide bonds. The lowest BCUT2D eigenvalue weighted by molar-refractivity contribution is 0.796. The Balaban J connectivity index is 1.10. The van der Waals surface area contributed by atoms with Crippen molar-refractivity contribution in [3.05, 3.63) is 216 Å². The molecular weight excluding hydrogens is 665 g/mol. The van der Waals surface area contributed by atoms with Gasteiger partial charge < -0.3 is 0 Å². The van der Waals surface area contributed by atoms with Crippen LogP contribution in [0.2, 0.25) is 0 Å². The van der Waals surface area contributed by atoms with Crippen LogP contribution in [0.15, 0.2) is 194 Å². The fraction of sp³-hybridized carbons (Fsp3) is 0.0189. The van der Waals surface area contributed by atoms with Crippen LogP contribution in [0.3, 0.4) is 0 Å². The van der Waals surface area contributed by atoms with Crippen LogP contribution in [-0.2, 0) is 5.41 Å². The Morgan fingerprint density at radius 1 is 0.327 bits per heavy atom. The van der Waals surface area contributed by atoms with E-state index in [0.29, 0.717) is 0 Å². The molecule has 0 atom stereocenters. The average Bonchev–Trinajstić information content (AvgIpc) is 3.72. The Hall–Kier alpha value is -7.16. The van der Waals surface area contributed by atoms with Gasteiger partial charge in [0.15, 0.2) is 5.82 Å². The van der Waals surface area contributed by atoms with Crippen LogP contribution < -0.4 is 0 Å².